The number of fused-ring (bicyclic) bond motifs is 1. The number of carbonyl (C=O) groups excluding carboxylic acids is 2. The Balaban J connectivity index is 1.91. The number of carboxylic acid groups (broad SMARTS) is 1. The monoisotopic (exact) mass is 512 g/mol. The van der Waals surface area contributed by atoms with Crippen molar-refractivity contribution < 1.29 is 19.5 Å². The molecule has 4 N–H and O–H groups in total. The second kappa shape index (κ2) is 12.2. The van der Waals surface area contributed by atoms with Crippen LogP contribution in [0.15, 0.2) is 64.2 Å². The van der Waals surface area contributed by atoms with Gasteiger partial charge in [0.15, 0.2) is 0 Å². The van der Waals surface area contributed by atoms with Gasteiger partial charge in [0, 0.05) is 6.42 Å². The number of carbonyl (C=O) groups is 3. The molecule has 0 aliphatic rings. The standard InChI is InChI=1S/C25H28N4O6S/c1-15(21(30)27-19(24(33)34)12-13-36-2)26-22(31)20(14-16-8-4-3-5-9-16)29-23(32)17-10-6-7-11-18(17)28-25(29)35/h3-11,15,19-20H,12-14H2,1-2H3,(H,26,31)(H,27,30)(H,28,35)(H,33,34). The first-order valence-electron chi connectivity index (χ1n) is 11.3. The molecule has 3 aromatic rings. The summed E-state index contributed by atoms with van der Waals surface area (Å²) >= 11 is 1.45. The minimum Gasteiger partial charge on any atom is -0.480 e. The summed E-state index contributed by atoms with van der Waals surface area (Å²) in [6.07, 6.45) is 2.07. The van der Waals surface area contributed by atoms with E-state index in [0.717, 1.165) is 4.57 Å². The number of aromatic nitrogens is 2. The highest BCUT2D eigenvalue weighted by Gasteiger charge is 2.29. The Hall–Kier alpha value is -3.86. The van der Waals surface area contributed by atoms with E-state index >= 15 is 0 Å². The summed E-state index contributed by atoms with van der Waals surface area (Å²) in [5.74, 6) is -2.05. The lowest BCUT2D eigenvalue weighted by molar-refractivity contribution is -0.142. The topological polar surface area (TPSA) is 150 Å². The summed E-state index contributed by atoms with van der Waals surface area (Å²) in [5.41, 5.74) is -0.335. The molecule has 0 aliphatic heterocycles. The van der Waals surface area contributed by atoms with Crippen LogP contribution in [0.1, 0.15) is 24.9 Å². The predicted molar refractivity (Wildman–Crippen MR) is 138 cm³/mol. The molecule has 0 bridgehead atoms. The molecule has 1 aromatic heterocycles. The Morgan fingerprint density at radius 3 is 2.33 bits per heavy atom. The largest absolute Gasteiger partial charge is 0.480 e. The lowest BCUT2D eigenvalue weighted by atomic mass is 10.0. The molecule has 0 fully saturated rings. The van der Waals surface area contributed by atoms with Gasteiger partial charge in [-0.2, -0.15) is 11.8 Å². The highest BCUT2D eigenvalue weighted by molar-refractivity contribution is 7.98. The van der Waals surface area contributed by atoms with Crippen LogP contribution in [0.4, 0.5) is 0 Å². The molecule has 36 heavy (non-hydrogen) atoms. The Bertz CT molecular complexity index is 1350. The van der Waals surface area contributed by atoms with Crippen molar-refractivity contribution in [1.82, 2.24) is 20.2 Å². The third kappa shape index (κ3) is 6.42. The van der Waals surface area contributed by atoms with Gasteiger partial charge < -0.3 is 20.7 Å². The van der Waals surface area contributed by atoms with Crippen molar-refractivity contribution in [3.63, 3.8) is 0 Å². The van der Waals surface area contributed by atoms with Crippen LogP contribution in [-0.4, -0.2) is 56.5 Å². The van der Waals surface area contributed by atoms with Crippen molar-refractivity contribution in [3.05, 3.63) is 81.0 Å². The van der Waals surface area contributed by atoms with Crippen LogP contribution in [0.2, 0.25) is 0 Å². The van der Waals surface area contributed by atoms with Crippen molar-refractivity contribution in [2.75, 3.05) is 12.0 Å². The summed E-state index contributed by atoms with van der Waals surface area (Å²) in [6, 6.07) is 11.9. The van der Waals surface area contributed by atoms with Gasteiger partial charge in [-0.25, -0.2) is 14.2 Å². The fourth-order valence-electron chi connectivity index (χ4n) is 3.76. The molecule has 0 saturated heterocycles. The number of thioether (sulfide) groups is 1. The van der Waals surface area contributed by atoms with Crippen LogP contribution in [0.5, 0.6) is 0 Å². The third-order valence-corrected chi connectivity index (χ3v) is 6.34. The number of hydrogen-bond acceptors (Lipinski definition) is 6. The number of hydrogen-bond donors (Lipinski definition) is 4. The van der Waals surface area contributed by atoms with Gasteiger partial charge in [-0.1, -0.05) is 42.5 Å². The molecule has 0 saturated carbocycles. The average molecular weight is 513 g/mol. The number of nitrogens with one attached hydrogen (secondary N) is 3. The molecule has 3 unspecified atom stereocenters. The van der Waals surface area contributed by atoms with E-state index < -0.39 is 47.2 Å². The number of aromatic amines is 1. The maximum atomic E-state index is 13.4. The Morgan fingerprint density at radius 1 is 1.00 bits per heavy atom. The quantitative estimate of drug-likeness (QED) is 0.302. The van der Waals surface area contributed by atoms with Crippen molar-refractivity contribution in [3.8, 4) is 0 Å². The normalized spacial score (nSPS) is 13.5. The van der Waals surface area contributed by atoms with Crippen LogP contribution in [0.3, 0.4) is 0 Å². The highest BCUT2D eigenvalue weighted by Crippen LogP contribution is 2.14. The Morgan fingerprint density at radius 2 is 1.67 bits per heavy atom. The van der Waals surface area contributed by atoms with E-state index in [0.29, 0.717) is 16.8 Å². The molecule has 10 nitrogen and oxygen atoms in total. The molecule has 0 aliphatic carbocycles. The van der Waals surface area contributed by atoms with E-state index in [2.05, 4.69) is 15.6 Å². The summed E-state index contributed by atoms with van der Waals surface area (Å²) < 4.78 is 0.855. The number of carboxylic acids is 1. The molecule has 2 aromatic carbocycles. The van der Waals surface area contributed by atoms with Crippen LogP contribution in [-0.2, 0) is 20.8 Å². The van der Waals surface area contributed by atoms with E-state index in [1.165, 1.54) is 18.7 Å². The van der Waals surface area contributed by atoms with Gasteiger partial charge >= 0.3 is 11.7 Å². The fraction of sp³-hybridized carbons (Fsp3) is 0.320. The van der Waals surface area contributed by atoms with Crippen LogP contribution in [0.25, 0.3) is 10.9 Å². The number of nitrogens with zero attached hydrogens (tertiary/aromatic N) is 1. The van der Waals surface area contributed by atoms with E-state index in [4.69, 9.17) is 0 Å². The average Bonchev–Trinajstić information content (AvgIpc) is 2.86. The second-order valence-corrected chi connectivity index (χ2v) is 9.25. The molecule has 3 atom stereocenters. The minimum atomic E-state index is -1.25. The molecule has 0 radical (unpaired) electrons. The zero-order chi connectivity index (χ0) is 26.2. The van der Waals surface area contributed by atoms with E-state index in [1.807, 2.05) is 6.26 Å². The lowest BCUT2D eigenvalue weighted by Crippen LogP contribution is -2.53. The number of aliphatic carboxylic acids is 1. The molecule has 0 spiro atoms. The van der Waals surface area contributed by atoms with Gasteiger partial charge in [-0.05, 0) is 43.0 Å². The van der Waals surface area contributed by atoms with E-state index in [9.17, 15) is 29.1 Å². The molecule has 3 rings (SSSR count). The molecule has 11 heteroatoms. The minimum absolute atomic E-state index is 0.0216. The van der Waals surface area contributed by atoms with Gasteiger partial charge in [0.2, 0.25) is 11.8 Å². The molecule has 190 valence electrons. The van der Waals surface area contributed by atoms with Gasteiger partial charge in [-0.3, -0.25) is 14.4 Å². The van der Waals surface area contributed by atoms with Gasteiger partial charge in [0.1, 0.15) is 18.1 Å². The van der Waals surface area contributed by atoms with Crippen LogP contribution >= 0.6 is 11.8 Å². The van der Waals surface area contributed by atoms with E-state index in [-0.39, 0.29) is 18.2 Å². The third-order valence-electron chi connectivity index (χ3n) is 5.70. The van der Waals surface area contributed by atoms with Gasteiger partial charge in [-0.15, -0.1) is 0 Å². The summed E-state index contributed by atoms with van der Waals surface area (Å²) in [5, 5.41) is 14.6. The van der Waals surface area contributed by atoms with Gasteiger partial charge in [0.05, 0.1) is 10.9 Å². The number of para-hydroxylation sites is 1. The Labute approximate surface area is 211 Å². The first-order valence-corrected chi connectivity index (χ1v) is 12.7. The summed E-state index contributed by atoms with van der Waals surface area (Å²) in [7, 11) is 0. The summed E-state index contributed by atoms with van der Waals surface area (Å²) in [6.45, 7) is 1.41. The molecule has 1 heterocycles. The molecule has 2 amide bonds. The maximum absolute atomic E-state index is 13.4. The highest BCUT2D eigenvalue weighted by atomic mass is 32.2. The van der Waals surface area contributed by atoms with E-state index in [1.54, 1.807) is 54.6 Å². The zero-order valence-corrected chi connectivity index (χ0v) is 20.7. The van der Waals surface area contributed by atoms with Crippen molar-refractivity contribution in [2.24, 2.45) is 0 Å². The second-order valence-electron chi connectivity index (χ2n) is 8.27. The SMILES string of the molecule is CSCCC(NC(=O)C(C)NC(=O)C(Cc1ccccc1)n1c(=O)[nH]c2ccccc2c1=O)C(=O)O. The first-order chi connectivity index (χ1) is 17.2. The molecular formula is C25H28N4O6S. The van der Waals surface area contributed by atoms with Crippen molar-refractivity contribution in [2.45, 2.75) is 37.9 Å². The maximum Gasteiger partial charge on any atom is 0.329 e. The number of rotatable bonds is 11. The number of amides is 2. The number of H-pyrrole nitrogens is 1. The summed E-state index contributed by atoms with van der Waals surface area (Å²) in [4.78, 5) is 66.3. The smallest absolute Gasteiger partial charge is 0.329 e. The number of benzene rings is 2. The Kier molecular flexibility index (Phi) is 9.07. The zero-order valence-electron chi connectivity index (χ0n) is 19.9. The first kappa shape index (κ1) is 26.7. The van der Waals surface area contributed by atoms with Crippen LogP contribution < -0.4 is 21.9 Å². The van der Waals surface area contributed by atoms with Crippen molar-refractivity contribution >= 4 is 40.4 Å². The molecular weight excluding hydrogens is 484 g/mol. The van der Waals surface area contributed by atoms with Crippen molar-refractivity contribution in [1.29, 1.82) is 0 Å². The van der Waals surface area contributed by atoms with Gasteiger partial charge in [0.25, 0.3) is 5.56 Å². The van der Waals surface area contributed by atoms with Crippen LogP contribution in [0, 0.1) is 0 Å². The predicted octanol–water partition coefficient (Wildman–Crippen LogP) is 1.30. The lowest BCUT2D eigenvalue weighted by Gasteiger charge is -2.23. The fourth-order valence-corrected chi connectivity index (χ4v) is 4.23.